The Kier molecular flexibility index (Phi) is 6.49. The van der Waals surface area contributed by atoms with Gasteiger partial charge in [0, 0.05) is 23.4 Å². The molecule has 2 rings (SSSR count). The molecular weight excluding hydrogens is 381 g/mol. The zero-order valence-electron chi connectivity index (χ0n) is 14.7. The molecule has 0 heterocycles. The Labute approximate surface area is 159 Å². The van der Waals surface area contributed by atoms with E-state index < -0.39 is 22.7 Å². The van der Waals surface area contributed by atoms with Gasteiger partial charge in [-0.3, -0.25) is 9.59 Å². The molecule has 0 aliphatic carbocycles. The number of rotatable bonds is 5. The Bertz CT molecular complexity index is 834. The van der Waals surface area contributed by atoms with Gasteiger partial charge in [-0.1, -0.05) is 25.4 Å². The second-order valence-electron chi connectivity index (χ2n) is 6.33. The van der Waals surface area contributed by atoms with Crippen LogP contribution in [0.5, 0.6) is 0 Å². The fourth-order valence-corrected chi connectivity index (χ4v) is 2.42. The van der Waals surface area contributed by atoms with E-state index in [4.69, 9.17) is 11.6 Å². The summed E-state index contributed by atoms with van der Waals surface area (Å²) in [6, 6.07) is 8.95. The highest BCUT2D eigenvalue weighted by atomic mass is 35.5. The minimum absolute atomic E-state index is 0.0320. The molecule has 0 saturated carbocycles. The predicted octanol–water partition coefficient (Wildman–Crippen LogP) is 5.00. The Morgan fingerprint density at radius 3 is 2.07 bits per heavy atom. The molecule has 0 aromatic heterocycles. The third-order valence-corrected chi connectivity index (χ3v) is 3.94. The molecule has 0 radical (unpaired) electrons. The summed E-state index contributed by atoms with van der Waals surface area (Å²) in [5.41, 5.74) is -0.466. The number of hydrogen-bond acceptors (Lipinski definition) is 2. The van der Waals surface area contributed by atoms with Crippen LogP contribution in [0.1, 0.15) is 40.1 Å². The highest BCUT2D eigenvalue weighted by Gasteiger charge is 2.33. The van der Waals surface area contributed by atoms with Crippen molar-refractivity contribution in [1.29, 1.82) is 0 Å². The van der Waals surface area contributed by atoms with Gasteiger partial charge in [0.15, 0.2) is 0 Å². The van der Waals surface area contributed by atoms with Crippen molar-refractivity contribution in [3.8, 4) is 0 Å². The van der Waals surface area contributed by atoms with Crippen molar-refractivity contribution >= 4 is 29.1 Å². The Hall–Kier alpha value is -2.54. The second-order valence-corrected chi connectivity index (χ2v) is 6.73. The molecule has 0 aliphatic heterocycles. The smallest absolute Gasteiger partial charge is 0.352 e. The molecule has 0 bridgehead atoms. The van der Waals surface area contributed by atoms with Gasteiger partial charge in [0.05, 0.1) is 10.6 Å². The highest BCUT2D eigenvalue weighted by molar-refractivity contribution is 6.31. The standard InChI is InChI=1S/C19H18ClF3N2O2/c1-11(2)10-24-17(26)12-3-5-13(6-4-12)18(27)25-14-7-8-16(20)15(9-14)19(21,22)23/h3-9,11H,10H2,1-2H3,(H,24,26)(H,25,27). The zero-order chi connectivity index (χ0) is 20.2. The number of amides is 2. The van der Waals surface area contributed by atoms with Gasteiger partial charge in [-0.15, -0.1) is 0 Å². The van der Waals surface area contributed by atoms with E-state index in [1.807, 2.05) is 13.8 Å². The van der Waals surface area contributed by atoms with Crippen LogP contribution in [0, 0.1) is 5.92 Å². The molecule has 4 nitrogen and oxygen atoms in total. The lowest BCUT2D eigenvalue weighted by atomic mass is 10.1. The lowest BCUT2D eigenvalue weighted by molar-refractivity contribution is -0.137. The number of anilines is 1. The first-order valence-corrected chi connectivity index (χ1v) is 8.52. The third kappa shape index (κ3) is 5.72. The van der Waals surface area contributed by atoms with Gasteiger partial charge in [0.25, 0.3) is 11.8 Å². The number of alkyl halides is 3. The summed E-state index contributed by atoms with van der Waals surface area (Å²) in [5, 5.41) is 4.70. The first-order valence-electron chi connectivity index (χ1n) is 8.14. The Morgan fingerprint density at radius 2 is 1.56 bits per heavy atom. The van der Waals surface area contributed by atoms with Crippen LogP contribution in [-0.4, -0.2) is 18.4 Å². The maximum atomic E-state index is 12.9. The number of carbonyl (C=O) groups is 2. The molecule has 0 atom stereocenters. The molecule has 2 amide bonds. The fourth-order valence-electron chi connectivity index (χ4n) is 2.20. The minimum atomic E-state index is -4.62. The Balaban J connectivity index is 2.09. The van der Waals surface area contributed by atoms with Gasteiger partial charge in [0.1, 0.15) is 0 Å². The molecule has 0 aliphatic rings. The lowest BCUT2D eigenvalue weighted by Gasteiger charge is -2.12. The van der Waals surface area contributed by atoms with E-state index in [0.717, 1.165) is 12.1 Å². The molecule has 0 spiro atoms. The molecule has 0 unspecified atom stereocenters. The average molecular weight is 399 g/mol. The van der Waals surface area contributed by atoms with E-state index in [9.17, 15) is 22.8 Å². The maximum absolute atomic E-state index is 12.9. The van der Waals surface area contributed by atoms with Crippen LogP contribution in [0.3, 0.4) is 0 Å². The summed E-state index contributed by atoms with van der Waals surface area (Å²) < 4.78 is 38.7. The van der Waals surface area contributed by atoms with Crippen LogP contribution in [0.25, 0.3) is 0 Å². The summed E-state index contributed by atoms with van der Waals surface area (Å²) in [6.07, 6.45) is -4.62. The van der Waals surface area contributed by atoms with E-state index in [0.29, 0.717) is 18.0 Å². The van der Waals surface area contributed by atoms with Gasteiger partial charge in [-0.25, -0.2) is 0 Å². The summed E-state index contributed by atoms with van der Waals surface area (Å²) in [7, 11) is 0. The molecule has 27 heavy (non-hydrogen) atoms. The number of nitrogens with one attached hydrogen (secondary N) is 2. The van der Waals surface area contributed by atoms with E-state index >= 15 is 0 Å². The van der Waals surface area contributed by atoms with Crippen molar-refractivity contribution in [2.75, 3.05) is 11.9 Å². The SMILES string of the molecule is CC(C)CNC(=O)c1ccc(C(=O)Nc2ccc(Cl)c(C(F)(F)F)c2)cc1. The van der Waals surface area contributed by atoms with Crippen molar-refractivity contribution in [2.24, 2.45) is 5.92 Å². The van der Waals surface area contributed by atoms with E-state index in [1.54, 1.807) is 0 Å². The average Bonchev–Trinajstić information content (AvgIpc) is 2.60. The molecule has 2 aromatic carbocycles. The molecular formula is C19H18ClF3N2O2. The number of halogens is 4. The van der Waals surface area contributed by atoms with Gasteiger partial charge < -0.3 is 10.6 Å². The summed E-state index contributed by atoms with van der Waals surface area (Å²) >= 11 is 5.56. The quantitative estimate of drug-likeness (QED) is 0.744. The van der Waals surface area contributed by atoms with Crippen molar-refractivity contribution in [3.63, 3.8) is 0 Å². The van der Waals surface area contributed by atoms with Gasteiger partial charge in [0.2, 0.25) is 0 Å². The molecule has 2 aromatic rings. The van der Waals surface area contributed by atoms with E-state index in [2.05, 4.69) is 10.6 Å². The number of carbonyl (C=O) groups excluding carboxylic acids is 2. The lowest BCUT2D eigenvalue weighted by Crippen LogP contribution is -2.27. The van der Waals surface area contributed by atoms with Crippen LogP contribution < -0.4 is 10.6 Å². The van der Waals surface area contributed by atoms with E-state index in [1.165, 1.54) is 30.3 Å². The van der Waals surface area contributed by atoms with Gasteiger partial charge in [-0.2, -0.15) is 13.2 Å². The summed E-state index contributed by atoms with van der Waals surface area (Å²) in [6.45, 7) is 4.46. The van der Waals surface area contributed by atoms with Crippen LogP contribution in [-0.2, 0) is 6.18 Å². The normalized spacial score (nSPS) is 11.4. The first-order chi connectivity index (χ1) is 12.6. The van der Waals surface area contributed by atoms with Crippen LogP contribution in [0.15, 0.2) is 42.5 Å². The largest absolute Gasteiger partial charge is 0.417 e. The van der Waals surface area contributed by atoms with E-state index in [-0.39, 0.29) is 17.2 Å². The number of benzene rings is 2. The molecule has 0 saturated heterocycles. The second kappa shape index (κ2) is 8.43. The number of hydrogen-bond donors (Lipinski definition) is 2. The molecule has 144 valence electrons. The van der Waals surface area contributed by atoms with Gasteiger partial charge >= 0.3 is 6.18 Å². The Morgan fingerprint density at radius 1 is 1.00 bits per heavy atom. The predicted molar refractivity (Wildman–Crippen MR) is 98.0 cm³/mol. The minimum Gasteiger partial charge on any atom is -0.352 e. The van der Waals surface area contributed by atoms with Crippen molar-refractivity contribution in [1.82, 2.24) is 5.32 Å². The molecule has 0 fully saturated rings. The zero-order valence-corrected chi connectivity index (χ0v) is 15.4. The third-order valence-electron chi connectivity index (χ3n) is 3.61. The summed E-state index contributed by atoms with van der Waals surface area (Å²) in [5.74, 6) is -0.553. The maximum Gasteiger partial charge on any atom is 0.417 e. The van der Waals surface area contributed by atoms with Crippen LogP contribution >= 0.6 is 11.6 Å². The highest BCUT2D eigenvalue weighted by Crippen LogP contribution is 2.36. The fraction of sp³-hybridized carbons (Fsp3) is 0.263. The van der Waals surface area contributed by atoms with Gasteiger partial charge in [-0.05, 0) is 48.4 Å². The van der Waals surface area contributed by atoms with Crippen molar-refractivity contribution < 1.29 is 22.8 Å². The van der Waals surface area contributed by atoms with Crippen LogP contribution in [0.2, 0.25) is 5.02 Å². The van der Waals surface area contributed by atoms with Crippen molar-refractivity contribution in [3.05, 3.63) is 64.2 Å². The molecule has 2 N–H and O–H groups in total. The monoisotopic (exact) mass is 398 g/mol. The summed E-state index contributed by atoms with van der Waals surface area (Å²) in [4.78, 5) is 24.2. The first kappa shape index (κ1) is 20.8. The topological polar surface area (TPSA) is 58.2 Å². The molecule has 8 heteroatoms. The van der Waals surface area contributed by atoms with Crippen molar-refractivity contribution in [2.45, 2.75) is 20.0 Å². The van der Waals surface area contributed by atoms with Crippen LogP contribution in [0.4, 0.5) is 18.9 Å².